The largest absolute Gasteiger partial charge is 0.324 e. The molecule has 1 heterocycles. The lowest BCUT2D eigenvalue weighted by Crippen LogP contribution is -2.47. The molecule has 2 aliphatic carbocycles. The van der Waals surface area contributed by atoms with E-state index in [0.29, 0.717) is 0 Å². The molecule has 2 saturated carbocycles. The molecule has 3 atom stereocenters. The van der Waals surface area contributed by atoms with Crippen molar-refractivity contribution < 1.29 is 0 Å². The fourth-order valence-corrected chi connectivity index (χ4v) is 3.95. The van der Waals surface area contributed by atoms with Gasteiger partial charge in [-0.1, -0.05) is 13.3 Å². The van der Waals surface area contributed by atoms with E-state index in [0.717, 1.165) is 24.7 Å². The molecule has 0 saturated heterocycles. The second-order valence-corrected chi connectivity index (χ2v) is 6.09. The minimum atomic E-state index is 0.0573. The summed E-state index contributed by atoms with van der Waals surface area (Å²) in [4.78, 5) is 0. The van der Waals surface area contributed by atoms with Crippen molar-refractivity contribution in [1.29, 1.82) is 0 Å². The molecule has 17 heavy (non-hydrogen) atoms. The maximum Gasteiger partial charge on any atom is 0.0624 e. The molecule has 0 amide bonds. The molecule has 0 spiro atoms. The average Bonchev–Trinajstić information content (AvgIpc) is 2.94. The lowest BCUT2D eigenvalue weighted by Gasteiger charge is -2.33. The fourth-order valence-electron chi connectivity index (χ4n) is 3.95. The molecule has 2 N–H and O–H groups in total. The first-order valence-electron chi connectivity index (χ1n) is 6.91. The van der Waals surface area contributed by atoms with Gasteiger partial charge in [0.1, 0.15) is 0 Å². The zero-order chi connectivity index (χ0) is 12.0. The molecule has 3 nitrogen and oxygen atoms in total. The Labute approximate surface area is 103 Å². The van der Waals surface area contributed by atoms with Gasteiger partial charge in [0.15, 0.2) is 0 Å². The molecular formula is C14H23N3. The summed E-state index contributed by atoms with van der Waals surface area (Å²) < 4.78 is 2.03. The van der Waals surface area contributed by atoms with Gasteiger partial charge in [-0.3, -0.25) is 4.68 Å². The standard InChI is InChI=1S/C14H23N3/c1-3-12-7-13(17(2)16-12)9-14(15)8-10-4-5-11(14)6-10/h7,10-11H,3-6,8-9,15H2,1-2H3. The van der Waals surface area contributed by atoms with Crippen molar-refractivity contribution in [3.8, 4) is 0 Å². The number of aromatic nitrogens is 2. The normalized spacial score (nSPS) is 35.7. The van der Waals surface area contributed by atoms with E-state index in [9.17, 15) is 0 Å². The van der Waals surface area contributed by atoms with E-state index in [1.807, 2.05) is 11.7 Å². The highest BCUT2D eigenvalue weighted by Crippen LogP contribution is 2.50. The summed E-state index contributed by atoms with van der Waals surface area (Å²) in [7, 11) is 2.05. The zero-order valence-corrected chi connectivity index (χ0v) is 10.9. The molecule has 0 radical (unpaired) electrons. The van der Waals surface area contributed by atoms with Gasteiger partial charge in [-0.05, 0) is 43.6 Å². The van der Waals surface area contributed by atoms with Crippen LogP contribution in [0.5, 0.6) is 0 Å². The van der Waals surface area contributed by atoms with Gasteiger partial charge in [0.2, 0.25) is 0 Å². The molecule has 2 fully saturated rings. The van der Waals surface area contributed by atoms with Crippen molar-refractivity contribution in [1.82, 2.24) is 9.78 Å². The highest BCUT2D eigenvalue weighted by Gasteiger charge is 2.48. The monoisotopic (exact) mass is 233 g/mol. The van der Waals surface area contributed by atoms with E-state index in [1.54, 1.807) is 0 Å². The Bertz CT molecular complexity index is 423. The van der Waals surface area contributed by atoms with Crippen LogP contribution in [0.3, 0.4) is 0 Å². The van der Waals surface area contributed by atoms with Crippen LogP contribution in [0, 0.1) is 11.8 Å². The van der Waals surface area contributed by atoms with Gasteiger partial charge in [0, 0.05) is 24.7 Å². The van der Waals surface area contributed by atoms with Crippen LogP contribution in [0.1, 0.15) is 44.0 Å². The third-order valence-corrected chi connectivity index (χ3v) is 4.92. The summed E-state index contributed by atoms with van der Waals surface area (Å²) in [6, 6.07) is 2.24. The Kier molecular flexibility index (Phi) is 2.54. The number of nitrogens with two attached hydrogens (primary N) is 1. The Hall–Kier alpha value is -0.830. The molecule has 3 heteroatoms. The predicted molar refractivity (Wildman–Crippen MR) is 68.7 cm³/mol. The average molecular weight is 233 g/mol. The van der Waals surface area contributed by atoms with E-state index in [1.165, 1.54) is 37.1 Å². The van der Waals surface area contributed by atoms with Crippen LogP contribution >= 0.6 is 0 Å². The molecule has 0 aromatic carbocycles. The van der Waals surface area contributed by atoms with Gasteiger partial charge in [-0.25, -0.2) is 0 Å². The molecule has 94 valence electrons. The lowest BCUT2D eigenvalue weighted by atomic mass is 9.78. The first kappa shape index (κ1) is 11.3. The van der Waals surface area contributed by atoms with Crippen molar-refractivity contribution >= 4 is 0 Å². The molecule has 2 aliphatic rings. The van der Waals surface area contributed by atoms with E-state index in [2.05, 4.69) is 18.1 Å². The fraction of sp³-hybridized carbons (Fsp3) is 0.786. The van der Waals surface area contributed by atoms with Gasteiger partial charge in [0.25, 0.3) is 0 Å². The number of aryl methyl sites for hydroxylation is 2. The van der Waals surface area contributed by atoms with Crippen LogP contribution in [0.15, 0.2) is 6.07 Å². The van der Waals surface area contributed by atoms with Crippen molar-refractivity contribution in [3.63, 3.8) is 0 Å². The Morgan fingerprint density at radius 2 is 2.35 bits per heavy atom. The van der Waals surface area contributed by atoms with Gasteiger partial charge in [0.05, 0.1) is 5.69 Å². The predicted octanol–water partition coefficient (Wildman–Crippen LogP) is 2.04. The second kappa shape index (κ2) is 3.84. The molecule has 3 rings (SSSR count). The molecular weight excluding hydrogens is 210 g/mol. The van der Waals surface area contributed by atoms with E-state index < -0.39 is 0 Å². The van der Waals surface area contributed by atoms with Crippen molar-refractivity contribution in [2.24, 2.45) is 24.6 Å². The SMILES string of the molecule is CCc1cc(CC2(N)CC3CCC2C3)n(C)n1. The summed E-state index contributed by atoms with van der Waals surface area (Å²) in [6.45, 7) is 2.15. The second-order valence-electron chi connectivity index (χ2n) is 6.09. The van der Waals surface area contributed by atoms with E-state index >= 15 is 0 Å². The van der Waals surface area contributed by atoms with Gasteiger partial charge >= 0.3 is 0 Å². The van der Waals surface area contributed by atoms with Crippen LogP contribution in [0.2, 0.25) is 0 Å². The Morgan fingerprint density at radius 3 is 2.88 bits per heavy atom. The van der Waals surface area contributed by atoms with E-state index in [4.69, 9.17) is 5.73 Å². The topological polar surface area (TPSA) is 43.8 Å². The van der Waals surface area contributed by atoms with Crippen molar-refractivity contribution in [2.45, 2.75) is 51.0 Å². The lowest BCUT2D eigenvalue weighted by molar-refractivity contribution is 0.265. The van der Waals surface area contributed by atoms with Gasteiger partial charge < -0.3 is 5.73 Å². The van der Waals surface area contributed by atoms with Gasteiger partial charge in [-0.2, -0.15) is 5.10 Å². The number of hydrogen-bond acceptors (Lipinski definition) is 2. The number of nitrogens with zero attached hydrogens (tertiary/aromatic N) is 2. The zero-order valence-electron chi connectivity index (χ0n) is 10.9. The Morgan fingerprint density at radius 1 is 1.53 bits per heavy atom. The maximum absolute atomic E-state index is 6.65. The Balaban J connectivity index is 1.80. The van der Waals surface area contributed by atoms with Crippen LogP contribution in [0.25, 0.3) is 0 Å². The summed E-state index contributed by atoms with van der Waals surface area (Å²) in [5.74, 6) is 1.66. The minimum Gasteiger partial charge on any atom is -0.324 e. The first-order valence-corrected chi connectivity index (χ1v) is 6.91. The van der Waals surface area contributed by atoms with E-state index in [-0.39, 0.29) is 5.54 Å². The van der Waals surface area contributed by atoms with Gasteiger partial charge in [-0.15, -0.1) is 0 Å². The minimum absolute atomic E-state index is 0.0573. The molecule has 1 aromatic rings. The van der Waals surface area contributed by atoms with Crippen molar-refractivity contribution in [3.05, 3.63) is 17.5 Å². The third-order valence-electron chi connectivity index (χ3n) is 4.92. The molecule has 2 bridgehead atoms. The summed E-state index contributed by atoms with van der Waals surface area (Å²) in [5.41, 5.74) is 9.22. The van der Waals surface area contributed by atoms with Crippen LogP contribution < -0.4 is 5.73 Å². The summed E-state index contributed by atoms with van der Waals surface area (Å²) in [6.07, 6.45) is 7.38. The smallest absolute Gasteiger partial charge is 0.0624 e. The molecule has 1 aromatic heterocycles. The quantitative estimate of drug-likeness (QED) is 0.868. The van der Waals surface area contributed by atoms with Crippen LogP contribution in [-0.2, 0) is 19.9 Å². The van der Waals surface area contributed by atoms with Crippen molar-refractivity contribution in [2.75, 3.05) is 0 Å². The number of hydrogen-bond donors (Lipinski definition) is 1. The highest BCUT2D eigenvalue weighted by molar-refractivity contribution is 5.17. The number of rotatable bonds is 3. The summed E-state index contributed by atoms with van der Waals surface area (Å²) in [5, 5.41) is 4.53. The third kappa shape index (κ3) is 1.81. The summed E-state index contributed by atoms with van der Waals surface area (Å²) >= 11 is 0. The van der Waals surface area contributed by atoms with Crippen LogP contribution in [0.4, 0.5) is 0 Å². The first-order chi connectivity index (χ1) is 8.10. The van der Waals surface area contributed by atoms with Crippen LogP contribution in [-0.4, -0.2) is 15.3 Å². The molecule has 0 aliphatic heterocycles. The highest BCUT2D eigenvalue weighted by atomic mass is 15.3. The molecule has 3 unspecified atom stereocenters. The maximum atomic E-state index is 6.65. The number of fused-ring (bicyclic) bond motifs is 2.